The second kappa shape index (κ2) is 7.88. The largest absolute Gasteiger partial charge is 0.547 e. The number of carboxylic acid groups (broad SMARTS) is 1. The van der Waals surface area contributed by atoms with Gasteiger partial charge in [-0.3, -0.25) is 4.79 Å². The van der Waals surface area contributed by atoms with E-state index in [2.05, 4.69) is 5.32 Å². The third-order valence-electron chi connectivity index (χ3n) is 3.78. The molecule has 25 heavy (non-hydrogen) atoms. The molecule has 9 N–H and O–H groups in total. The summed E-state index contributed by atoms with van der Waals surface area (Å²) in [5.74, 6) is 3.42. The van der Waals surface area contributed by atoms with E-state index in [4.69, 9.17) is 27.1 Å². The predicted molar refractivity (Wildman–Crippen MR) is 89.9 cm³/mol. The maximum atomic E-state index is 12.1. The molecule has 1 aliphatic heterocycles. The van der Waals surface area contributed by atoms with Gasteiger partial charge in [0.25, 0.3) is 0 Å². The maximum absolute atomic E-state index is 12.1. The van der Waals surface area contributed by atoms with Crippen LogP contribution in [0.25, 0.3) is 0 Å². The van der Waals surface area contributed by atoms with Gasteiger partial charge < -0.3 is 36.6 Å². The summed E-state index contributed by atoms with van der Waals surface area (Å²) in [6, 6.07) is 4.63. The van der Waals surface area contributed by atoms with Crippen LogP contribution < -0.4 is 27.3 Å². The number of hydrogen-bond acceptors (Lipinski definition) is 8. The molecule has 1 heterocycles. The van der Waals surface area contributed by atoms with E-state index in [0.717, 1.165) is 5.01 Å². The van der Waals surface area contributed by atoms with Gasteiger partial charge in [0.05, 0.1) is 17.2 Å². The number of carbonyl (C=O) groups excluding carboxylic acids is 1. The summed E-state index contributed by atoms with van der Waals surface area (Å²) in [5.41, 5.74) is 11.7. The second-order valence-corrected chi connectivity index (χ2v) is 5.48. The lowest BCUT2D eigenvalue weighted by molar-refractivity contribution is -0.122. The van der Waals surface area contributed by atoms with Crippen molar-refractivity contribution in [3.63, 3.8) is 0 Å². The monoisotopic (exact) mass is 349 g/mol. The fourth-order valence-electron chi connectivity index (χ4n) is 2.51. The number of carbonyl (C=O) groups is 2. The first kappa shape index (κ1) is 18.6. The molecule has 1 aliphatic rings. The molecule has 1 amide bonds. The molecule has 0 saturated heterocycles. The number of rotatable bonds is 6. The van der Waals surface area contributed by atoms with Crippen LogP contribution >= 0.6 is 0 Å². The number of carboxylic acids is 1. The Hall–Kier alpha value is -2.76. The van der Waals surface area contributed by atoms with Crippen LogP contribution in [0, 0.1) is 0 Å². The van der Waals surface area contributed by atoms with Gasteiger partial charge in [0.15, 0.2) is 0 Å². The quantitative estimate of drug-likeness (QED) is 0.188. The van der Waals surface area contributed by atoms with Crippen molar-refractivity contribution in [2.75, 3.05) is 13.1 Å². The highest BCUT2D eigenvalue weighted by atomic mass is 16.5. The van der Waals surface area contributed by atoms with Crippen LogP contribution in [-0.2, 0) is 11.2 Å². The van der Waals surface area contributed by atoms with Crippen LogP contribution in [0.15, 0.2) is 30.1 Å². The van der Waals surface area contributed by atoms with Crippen LogP contribution in [-0.4, -0.2) is 53.2 Å². The molecule has 0 saturated carbocycles. The van der Waals surface area contributed by atoms with E-state index >= 15 is 0 Å². The number of nitrogens with two attached hydrogens (primary N) is 3. The summed E-state index contributed by atoms with van der Waals surface area (Å²) in [4.78, 5) is 23.3. The highest BCUT2D eigenvalue weighted by Crippen LogP contribution is 2.30. The van der Waals surface area contributed by atoms with Crippen molar-refractivity contribution in [3.8, 4) is 5.75 Å². The van der Waals surface area contributed by atoms with Gasteiger partial charge in [-0.15, -0.1) is 0 Å². The van der Waals surface area contributed by atoms with E-state index in [1.54, 1.807) is 12.1 Å². The molecule has 134 valence electrons. The Morgan fingerprint density at radius 2 is 2.20 bits per heavy atom. The second-order valence-electron chi connectivity index (χ2n) is 5.48. The smallest absolute Gasteiger partial charge is 0.534 e. The Morgan fingerprint density at radius 1 is 1.48 bits per heavy atom. The Labute approximate surface area is 144 Å². The Bertz CT molecular complexity index is 698. The number of hydrogen-bond donors (Lipinski definition) is 6. The minimum Gasteiger partial charge on any atom is -0.534 e. The lowest BCUT2D eigenvalue weighted by Crippen LogP contribution is -2.55. The van der Waals surface area contributed by atoms with E-state index in [1.807, 2.05) is 0 Å². The molecule has 11 heteroatoms. The van der Waals surface area contributed by atoms with E-state index in [9.17, 15) is 14.6 Å². The molecule has 1 unspecified atom stereocenters. The van der Waals surface area contributed by atoms with Gasteiger partial charge in [-0.2, -0.15) is 0 Å². The Kier molecular flexibility index (Phi) is 5.86. The third-order valence-corrected chi connectivity index (χ3v) is 3.78. The van der Waals surface area contributed by atoms with Gasteiger partial charge in [0.1, 0.15) is 12.3 Å². The highest BCUT2D eigenvalue weighted by molar-refractivity contribution is 6.47. The molecule has 0 aromatic heterocycles. The summed E-state index contributed by atoms with van der Waals surface area (Å²) in [5, 5.41) is 22.9. The zero-order chi connectivity index (χ0) is 18.6. The number of amides is 1. The first-order valence-electron chi connectivity index (χ1n) is 7.49. The number of fused-ring (bicyclic) bond motifs is 1. The maximum Gasteiger partial charge on any atom is 0.547 e. The summed E-state index contributed by atoms with van der Waals surface area (Å²) in [6.45, 7) is -0.147. The van der Waals surface area contributed by atoms with Crippen molar-refractivity contribution >= 4 is 19.0 Å². The van der Waals surface area contributed by atoms with E-state index in [-0.39, 0.29) is 30.8 Å². The van der Waals surface area contributed by atoms with Gasteiger partial charge in [0.2, 0.25) is 5.91 Å². The zero-order valence-electron chi connectivity index (χ0n) is 13.4. The lowest BCUT2D eigenvalue weighted by Gasteiger charge is -2.29. The van der Waals surface area contributed by atoms with Gasteiger partial charge in [-0.25, -0.2) is 10.6 Å². The van der Waals surface area contributed by atoms with Gasteiger partial charge in [0, 0.05) is 12.7 Å². The van der Waals surface area contributed by atoms with E-state index < -0.39 is 24.9 Å². The molecule has 0 aliphatic carbocycles. The summed E-state index contributed by atoms with van der Waals surface area (Å²) < 4.78 is 5.30. The minimum atomic E-state index is -1.39. The van der Waals surface area contributed by atoms with Crippen molar-refractivity contribution in [1.82, 2.24) is 10.3 Å². The molecule has 1 aromatic carbocycles. The molecule has 0 fully saturated rings. The number of benzene rings is 1. The van der Waals surface area contributed by atoms with Crippen LogP contribution in [0.4, 0.5) is 0 Å². The summed E-state index contributed by atoms with van der Waals surface area (Å²) in [6.07, 6.45) is 1.42. The molecule has 0 bridgehead atoms. The van der Waals surface area contributed by atoms with Crippen molar-refractivity contribution in [2.24, 2.45) is 17.3 Å². The Morgan fingerprint density at radius 3 is 2.80 bits per heavy atom. The number of para-hydroxylation sites is 1. The first-order valence-corrected chi connectivity index (χ1v) is 7.49. The molecule has 2 rings (SSSR count). The highest BCUT2D eigenvalue weighted by Gasteiger charge is 2.37. The van der Waals surface area contributed by atoms with Crippen LogP contribution in [0.1, 0.15) is 15.9 Å². The first-order chi connectivity index (χ1) is 11.9. The average Bonchev–Trinajstić information content (AvgIpc) is 2.55. The third kappa shape index (κ3) is 4.21. The van der Waals surface area contributed by atoms with Crippen LogP contribution in [0.5, 0.6) is 5.75 Å². The molecular weight excluding hydrogens is 329 g/mol. The number of nitrogens with one attached hydrogen (secondary N) is 1. The molecule has 1 aromatic rings. The fourth-order valence-corrected chi connectivity index (χ4v) is 2.51. The summed E-state index contributed by atoms with van der Waals surface area (Å²) >= 11 is 0. The number of aromatic carboxylic acids is 1. The van der Waals surface area contributed by atoms with Gasteiger partial charge in [-0.1, -0.05) is 12.1 Å². The molecular formula is C14H20BN5O5. The minimum absolute atomic E-state index is 0.0462. The van der Waals surface area contributed by atoms with E-state index in [0.29, 0.717) is 11.3 Å². The lowest BCUT2D eigenvalue weighted by atomic mass is 9.72. The van der Waals surface area contributed by atoms with Crippen molar-refractivity contribution in [1.29, 1.82) is 0 Å². The zero-order valence-corrected chi connectivity index (χ0v) is 13.4. The summed E-state index contributed by atoms with van der Waals surface area (Å²) in [7, 11) is -1.39. The average molecular weight is 349 g/mol. The Balaban J connectivity index is 2.06. The van der Waals surface area contributed by atoms with Gasteiger partial charge in [-0.05, 0) is 18.1 Å². The normalized spacial score (nSPS) is 16.7. The molecule has 10 nitrogen and oxygen atoms in total. The molecule has 1 atom stereocenters. The number of hydrazine groups is 1. The fraction of sp³-hybridized carbons (Fsp3) is 0.286. The van der Waals surface area contributed by atoms with E-state index in [1.165, 1.54) is 12.3 Å². The van der Waals surface area contributed by atoms with Crippen LogP contribution in [0.2, 0.25) is 0 Å². The molecule has 0 spiro atoms. The van der Waals surface area contributed by atoms with Crippen LogP contribution in [0.3, 0.4) is 0 Å². The number of nitrogens with zero attached hydrogens (tertiary/aromatic N) is 1. The van der Waals surface area contributed by atoms with Crippen molar-refractivity contribution in [3.05, 3.63) is 41.2 Å². The SMILES string of the molecule is N/C=C(/CN)N(N)CC(=O)NC1Cc2cccc(C(=O)O)c2OB1O. The predicted octanol–water partition coefficient (Wildman–Crippen LogP) is -2.24. The standard InChI is InChI=1S/C14H20BN5O5/c16-5-9(6-17)20(18)7-12(21)19-11-4-8-2-1-3-10(14(22)23)13(8)25-15(11)24/h1-3,5,11,24H,4,6-7,16-18H2,(H,19,21)(H,22,23)/b9-5-. The van der Waals surface area contributed by atoms with Gasteiger partial charge >= 0.3 is 13.1 Å². The van der Waals surface area contributed by atoms with Crippen molar-refractivity contribution in [2.45, 2.75) is 12.4 Å². The van der Waals surface area contributed by atoms with Crippen molar-refractivity contribution < 1.29 is 24.4 Å². The molecule has 0 radical (unpaired) electrons. The topological polar surface area (TPSA) is 177 Å².